The molecule has 0 radical (unpaired) electrons. The molecule has 0 bridgehead atoms. The second kappa shape index (κ2) is 8.32. The lowest BCUT2D eigenvalue weighted by Gasteiger charge is -2.13. The summed E-state index contributed by atoms with van der Waals surface area (Å²) in [6, 6.07) is 14.5. The van der Waals surface area contributed by atoms with Gasteiger partial charge in [0.2, 0.25) is 0 Å². The number of methoxy groups -OCH3 is 1. The molecule has 0 fully saturated rings. The Labute approximate surface area is 133 Å². The zero-order valence-corrected chi connectivity index (χ0v) is 13.7. The highest BCUT2D eigenvalue weighted by Crippen LogP contribution is 2.28. The Bertz CT molecular complexity index is 578. The Morgan fingerprint density at radius 1 is 1.00 bits per heavy atom. The van der Waals surface area contributed by atoms with E-state index in [4.69, 9.17) is 9.47 Å². The molecule has 0 atom stereocenters. The van der Waals surface area contributed by atoms with Crippen LogP contribution in [0.5, 0.6) is 11.5 Å². The van der Waals surface area contributed by atoms with Crippen LogP contribution in [-0.2, 0) is 6.54 Å². The van der Waals surface area contributed by atoms with E-state index >= 15 is 0 Å². The van der Waals surface area contributed by atoms with Crippen molar-refractivity contribution < 1.29 is 9.47 Å². The lowest BCUT2D eigenvalue weighted by molar-refractivity contribution is 0.288. The number of nitrogens with one attached hydrogen (secondary N) is 1. The van der Waals surface area contributed by atoms with Gasteiger partial charge in [-0.2, -0.15) is 0 Å². The molecule has 0 saturated heterocycles. The quantitative estimate of drug-likeness (QED) is 0.711. The van der Waals surface area contributed by atoms with E-state index in [2.05, 4.69) is 49.5 Å². The smallest absolute Gasteiger partial charge is 0.161 e. The van der Waals surface area contributed by atoms with E-state index in [1.807, 2.05) is 12.1 Å². The lowest BCUT2D eigenvalue weighted by Crippen LogP contribution is -2.02. The Morgan fingerprint density at radius 3 is 2.45 bits per heavy atom. The van der Waals surface area contributed by atoms with Crippen molar-refractivity contribution in [2.24, 2.45) is 0 Å². The number of ether oxygens (including phenoxy) is 2. The molecule has 0 unspecified atom stereocenters. The average Bonchev–Trinajstić information content (AvgIpc) is 2.55. The van der Waals surface area contributed by atoms with Gasteiger partial charge in [-0.1, -0.05) is 37.1 Å². The summed E-state index contributed by atoms with van der Waals surface area (Å²) in [6.07, 6.45) is 2.18. The summed E-state index contributed by atoms with van der Waals surface area (Å²) < 4.78 is 11.2. The van der Waals surface area contributed by atoms with E-state index < -0.39 is 0 Å². The number of rotatable bonds is 8. The highest BCUT2D eigenvalue weighted by molar-refractivity contribution is 5.47. The number of benzene rings is 2. The zero-order valence-electron chi connectivity index (χ0n) is 13.7. The summed E-state index contributed by atoms with van der Waals surface area (Å²) in [4.78, 5) is 0. The first-order valence-electron chi connectivity index (χ1n) is 7.83. The number of hydrogen-bond acceptors (Lipinski definition) is 3. The summed E-state index contributed by atoms with van der Waals surface area (Å²) in [6.45, 7) is 5.73. The molecule has 118 valence electrons. The molecule has 1 N–H and O–H groups in total. The van der Waals surface area contributed by atoms with Crippen LogP contribution in [0.2, 0.25) is 0 Å². The molecule has 0 heterocycles. The molecule has 0 spiro atoms. The molecule has 2 aromatic carbocycles. The van der Waals surface area contributed by atoms with Crippen molar-refractivity contribution in [2.45, 2.75) is 33.2 Å². The fourth-order valence-corrected chi connectivity index (χ4v) is 2.14. The summed E-state index contributed by atoms with van der Waals surface area (Å²) in [7, 11) is 1.68. The van der Waals surface area contributed by atoms with Crippen LogP contribution in [0.3, 0.4) is 0 Å². The van der Waals surface area contributed by atoms with Crippen LogP contribution in [0, 0.1) is 6.92 Å². The van der Waals surface area contributed by atoms with Crippen molar-refractivity contribution in [3.05, 3.63) is 53.6 Å². The van der Waals surface area contributed by atoms with E-state index in [0.717, 1.165) is 43.2 Å². The molecule has 0 saturated carbocycles. The Hall–Kier alpha value is -2.16. The minimum atomic E-state index is 0.730. The third-order valence-electron chi connectivity index (χ3n) is 3.53. The van der Waals surface area contributed by atoms with Crippen molar-refractivity contribution >= 4 is 5.69 Å². The van der Waals surface area contributed by atoms with Crippen LogP contribution < -0.4 is 14.8 Å². The van der Waals surface area contributed by atoms with Gasteiger partial charge in [-0.05, 0) is 43.2 Å². The van der Waals surface area contributed by atoms with Gasteiger partial charge in [0.25, 0.3) is 0 Å². The standard InChI is InChI=1S/C19H25NO2/c1-4-5-12-22-18-11-8-16(13-19(18)21-3)14-20-17-9-6-15(2)7-10-17/h6-11,13,20H,4-5,12,14H2,1-3H3. The summed E-state index contributed by atoms with van der Waals surface area (Å²) in [5.74, 6) is 1.61. The van der Waals surface area contributed by atoms with E-state index in [1.54, 1.807) is 7.11 Å². The first-order chi connectivity index (χ1) is 10.7. The molecule has 0 aromatic heterocycles. The van der Waals surface area contributed by atoms with E-state index in [0.29, 0.717) is 0 Å². The van der Waals surface area contributed by atoms with Crippen molar-refractivity contribution in [1.29, 1.82) is 0 Å². The van der Waals surface area contributed by atoms with Crippen LogP contribution in [0.1, 0.15) is 30.9 Å². The van der Waals surface area contributed by atoms with Gasteiger partial charge < -0.3 is 14.8 Å². The van der Waals surface area contributed by atoms with Crippen LogP contribution in [0.15, 0.2) is 42.5 Å². The highest BCUT2D eigenvalue weighted by Gasteiger charge is 2.05. The number of unbranched alkanes of at least 4 members (excludes halogenated alkanes) is 1. The van der Waals surface area contributed by atoms with Gasteiger partial charge in [-0.15, -0.1) is 0 Å². The fraction of sp³-hybridized carbons (Fsp3) is 0.368. The summed E-state index contributed by atoms with van der Waals surface area (Å²) >= 11 is 0. The van der Waals surface area contributed by atoms with Gasteiger partial charge in [0.1, 0.15) is 0 Å². The SMILES string of the molecule is CCCCOc1ccc(CNc2ccc(C)cc2)cc1OC. The Balaban J connectivity index is 1.97. The molecule has 0 amide bonds. The van der Waals surface area contributed by atoms with Gasteiger partial charge in [0.15, 0.2) is 11.5 Å². The van der Waals surface area contributed by atoms with Gasteiger partial charge in [-0.25, -0.2) is 0 Å². The second-order valence-corrected chi connectivity index (χ2v) is 5.41. The maximum Gasteiger partial charge on any atom is 0.161 e. The van der Waals surface area contributed by atoms with Crippen molar-refractivity contribution in [3.63, 3.8) is 0 Å². The zero-order chi connectivity index (χ0) is 15.8. The van der Waals surface area contributed by atoms with Crippen molar-refractivity contribution in [3.8, 4) is 11.5 Å². The third kappa shape index (κ3) is 4.69. The Kier molecular flexibility index (Phi) is 6.13. The van der Waals surface area contributed by atoms with E-state index in [9.17, 15) is 0 Å². The van der Waals surface area contributed by atoms with Gasteiger partial charge >= 0.3 is 0 Å². The largest absolute Gasteiger partial charge is 0.493 e. The Morgan fingerprint density at radius 2 is 1.77 bits per heavy atom. The molecule has 2 aromatic rings. The minimum Gasteiger partial charge on any atom is -0.493 e. The van der Waals surface area contributed by atoms with Gasteiger partial charge in [0.05, 0.1) is 13.7 Å². The first-order valence-corrected chi connectivity index (χ1v) is 7.83. The first kappa shape index (κ1) is 16.2. The molecule has 3 nitrogen and oxygen atoms in total. The molecule has 22 heavy (non-hydrogen) atoms. The molecule has 3 heteroatoms. The molecule has 0 aliphatic rings. The van der Waals surface area contributed by atoms with Crippen molar-refractivity contribution in [2.75, 3.05) is 19.0 Å². The highest BCUT2D eigenvalue weighted by atomic mass is 16.5. The predicted molar refractivity (Wildman–Crippen MR) is 91.9 cm³/mol. The summed E-state index contributed by atoms with van der Waals surface area (Å²) in [5, 5.41) is 3.41. The van der Waals surface area contributed by atoms with Crippen LogP contribution in [0.25, 0.3) is 0 Å². The topological polar surface area (TPSA) is 30.5 Å². The molecule has 0 aliphatic heterocycles. The molecule has 0 aliphatic carbocycles. The minimum absolute atomic E-state index is 0.730. The monoisotopic (exact) mass is 299 g/mol. The third-order valence-corrected chi connectivity index (χ3v) is 3.53. The van der Waals surface area contributed by atoms with Crippen LogP contribution in [-0.4, -0.2) is 13.7 Å². The maximum absolute atomic E-state index is 5.75. The summed E-state index contributed by atoms with van der Waals surface area (Å²) in [5.41, 5.74) is 3.55. The van der Waals surface area contributed by atoms with Crippen LogP contribution >= 0.6 is 0 Å². The molecular formula is C19H25NO2. The van der Waals surface area contributed by atoms with E-state index in [1.165, 1.54) is 11.1 Å². The van der Waals surface area contributed by atoms with Gasteiger partial charge in [0, 0.05) is 12.2 Å². The molecular weight excluding hydrogens is 274 g/mol. The fourth-order valence-electron chi connectivity index (χ4n) is 2.14. The number of hydrogen-bond donors (Lipinski definition) is 1. The number of anilines is 1. The van der Waals surface area contributed by atoms with Gasteiger partial charge in [-0.3, -0.25) is 0 Å². The van der Waals surface area contributed by atoms with Crippen LogP contribution in [0.4, 0.5) is 5.69 Å². The van der Waals surface area contributed by atoms with Crippen molar-refractivity contribution in [1.82, 2.24) is 0 Å². The normalized spacial score (nSPS) is 10.3. The second-order valence-electron chi connectivity index (χ2n) is 5.41. The maximum atomic E-state index is 5.75. The lowest BCUT2D eigenvalue weighted by atomic mass is 10.2. The van der Waals surface area contributed by atoms with E-state index in [-0.39, 0.29) is 0 Å². The predicted octanol–water partition coefficient (Wildman–Crippen LogP) is 4.79. The number of aryl methyl sites for hydroxylation is 1. The average molecular weight is 299 g/mol. The molecule has 2 rings (SSSR count).